The predicted octanol–water partition coefficient (Wildman–Crippen LogP) is 3.74. The molecule has 1 saturated carbocycles. The van der Waals surface area contributed by atoms with E-state index in [2.05, 4.69) is 36.4 Å². The average Bonchev–Trinajstić information content (AvgIpc) is 3.24. The van der Waals surface area contributed by atoms with Gasteiger partial charge in [-0.05, 0) is 17.5 Å². The Labute approximate surface area is 124 Å². The zero-order chi connectivity index (χ0) is 14.2. The summed E-state index contributed by atoms with van der Waals surface area (Å²) in [6.45, 7) is 0.459. The maximum atomic E-state index is 12.1. The minimum absolute atomic E-state index is 0.0532. The molecule has 1 aliphatic heterocycles. The van der Waals surface area contributed by atoms with Crippen molar-refractivity contribution in [3.05, 3.63) is 71.8 Å². The highest BCUT2D eigenvalue weighted by atomic mass is 16.6. The molecule has 0 unspecified atom stereocenters. The van der Waals surface area contributed by atoms with Crippen LogP contribution in [0.2, 0.25) is 0 Å². The van der Waals surface area contributed by atoms with Gasteiger partial charge in [0.1, 0.15) is 6.61 Å². The van der Waals surface area contributed by atoms with E-state index in [-0.39, 0.29) is 18.2 Å². The maximum Gasteiger partial charge on any atom is 0.410 e. The van der Waals surface area contributed by atoms with Crippen molar-refractivity contribution in [1.82, 2.24) is 4.90 Å². The molecule has 0 bridgehead atoms. The minimum Gasteiger partial charge on any atom is -0.447 e. The summed E-state index contributed by atoms with van der Waals surface area (Å²) in [6.07, 6.45) is 0.856. The second-order valence-electron chi connectivity index (χ2n) is 5.73. The van der Waals surface area contributed by atoms with Gasteiger partial charge in [-0.1, -0.05) is 60.7 Å². The Hall–Kier alpha value is -2.29. The molecule has 0 aromatic heterocycles. The van der Waals surface area contributed by atoms with E-state index in [0.29, 0.717) is 12.5 Å². The van der Waals surface area contributed by atoms with Crippen molar-refractivity contribution in [3.8, 4) is 0 Å². The molecule has 2 aromatic rings. The van der Waals surface area contributed by atoms with Crippen molar-refractivity contribution in [2.24, 2.45) is 0 Å². The Kier molecular flexibility index (Phi) is 2.92. The lowest BCUT2D eigenvalue weighted by molar-refractivity contribution is 0.155. The number of ether oxygens (including phenoxy) is 1. The van der Waals surface area contributed by atoms with Gasteiger partial charge in [-0.25, -0.2) is 4.79 Å². The summed E-state index contributed by atoms with van der Waals surface area (Å²) in [5.74, 6) is 0.447. The first-order valence-electron chi connectivity index (χ1n) is 7.39. The molecule has 21 heavy (non-hydrogen) atoms. The normalized spacial score (nSPS) is 27.5. The molecule has 3 heteroatoms. The van der Waals surface area contributed by atoms with Gasteiger partial charge in [-0.3, -0.25) is 4.90 Å². The van der Waals surface area contributed by atoms with Crippen molar-refractivity contribution in [1.29, 1.82) is 0 Å². The molecular weight excluding hydrogens is 262 g/mol. The van der Waals surface area contributed by atoms with Gasteiger partial charge in [-0.2, -0.15) is 0 Å². The van der Waals surface area contributed by atoms with E-state index in [1.807, 2.05) is 29.2 Å². The van der Waals surface area contributed by atoms with E-state index in [1.54, 1.807) is 0 Å². The molecule has 0 radical (unpaired) electrons. The zero-order valence-corrected chi connectivity index (χ0v) is 11.7. The molecule has 2 aromatic carbocycles. The van der Waals surface area contributed by atoms with Gasteiger partial charge in [0.15, 0.2) is 0 Å². The van der Waals surface area contributed by atoms with Crippen LogP contribution in [0.5, 0.6) is 0 Å². The molecule has 4 rings (SSSR count). The Morgan fingerprint density at radius 3 is 2.19 bits per heavy atom. The van der Waals surface area contributed by atoms with Gasteiger partial charge in [-0.15, -0.1) is 0 Å². The summed E-state index contributed by atoms with van der Waals surface area (Å²) in [5.41, 5.74) is 2.47. The smallest absolute Gasteiger partial charge is 0.410 e. The highest BCUT2D eigenvalue weighted by molar-refractivity contribution is 5.72. The average molecular weight is 279 g/mol. The fourth-order valence-electron chi connectivity index (χ4n) is 3.28. The van der Waals surface area contributed by atoms with E-state index < -0.39 is 0 Å². The fraction of sp³-hybridized carbons (Fsp3) is 0.278. The summed E-state index contributed by atoms with van der Waals surface area (Å²) in [5, 5.41) is 0. The van der Waals surface area contributed by atoms with Gasteiger partial charge in [0.25, 0.3) is 0 Å². The van der Waals surface area contributed by atoms with Crippen LogP contribution in [0.25, 0.3) is 0 Å². The summed E-state index contributed by atoms with van der Waals surface area (Å²) in [6, 6.07) is 20.9. The first kappa shape index (κ1) is 12.5. The molecule has 0 spiro atoms. The van der Waals surface area contributed by atoms with E-state index in [1.165, 1.54) is 5.56 Å². The third-order valence-electron chi connectivity index (χ3n) is 4.44. The van der Waals surface area contributed by atoms with Crippen LogP contribution < -0.4 is 0 Å². The summed E-state index contributed by atoms with van der Waals surface area (Å²) in [7, 11) is 0. The third kappa shape index (κ3) is 2.19. The van der Waals surface area contributed by atoms with E-state index >= 15 is 0 Å². The molecule has 3 atom stereocenters. The minimum atomic E-state index is -0.174. The Bertz CT molecular complexity index is 641. The van der Waals surface area contributed by atoms with Crippen molar-refractivity contribution < 1.29 is 9.53 Å². The number of amides is 1. The number of benzene rings is 2. The van der Waals surface area contributed by atoms with Crippen LogP contribution in [-0.2, 0) is 4.74 Å². The SMILES string of the molecule is O=C1OC[C@@H](c2ccccc2)N1[C@H]1C[C@@H]1c1ccccc1. The second kappa shape index (κ2) is 4.92. The van der Waals surface area contributed by atoms with Gasteiger partial charge >= 0.3 is 6.09 Å². The van der Waals surface area contributed by atoms with Crippen LogP contribution in [-0.4, -0.2) is 23.6 Å². The molecule has 3 nitrogen and oxygen atoms in total. The highest BCUT2D eigenvalue weighted by Crippen LogP contribution is 2.49. The lowest BCUT2D eigenvalue weighted by Crippen LogP contribution is -2.30. The van der Waals surface area contributed by atoms with Crippen LogP contribution in [0.3, 0.4) is 0 Å². The van der Waals surface area contributed by atoms with E-state index in [0.717, 1.165) is 12.0 Å². The van der Waals surface area contributed by atoms with Gasteiger partial charge in [0.2, 0.25) is 0 Å². The third-order valence-corrected chi connectivity index (χ3v) is 4.44. The standard InChI is InChI=1S/C18H17NO2/c20-18-19(16-11-15(16)13-7-3-1-4-8-13)17(12-21-18)14-9-5-2-6-10-14/h1-10,15-17H,11-12H2/t15-,16+,17+/m1/s1. The number of cyclic esters (lactones) is 1. The van der Waals surface area contributed by atoms with Crippen LogP contribution in [0.1, 0.15) is 29.5 Å². The topological polar surface area (TPSA) is 29.5 Å². The van der Waals surface area contributed by atoms with Crippen molar-refractivity contribution >= 4 is 6.09 Å². The number of nitrogens with zero attached hydrogens (tertiary/aromatic N) is 1. The molecule has 2 fully saturated rings. The first-order chi connectivity index (χ1) is 10.3. The number of carbonyl (C=O) groups excluding carboxylic acids is 1. The molecule has 106 valence electrons. The number of carbonyl (C=O) groups is 1. The van der Waals surface area contributed by atoms with Crippen LogP contribution in [0.4, 0.5) is 4.79 Å². The Balaban J connectivity index is 1.58. The maximum absolute atomic E-state index is 12.1. The lowest BCUT2D eigenvalue weighted by Gasteiger charge is -2.22. The van der Waals surface area contributed by atoms with Crippen molar-refractivity contribution in [2.75, 3.05) is 6.61 Å². The Morgan fingerprint density at radius 1 is 0.905 bits per heavy atom. The molecule has 1 aliphatic carbocycles. The molecule has 0 N–H and O–H groups in total. The van der Waals surface area contributed by atoms with Crippen LogP contribution in [0, 0.1) is 0 Å². The molecule has 2 aliphatic rings. The zero-order valence-electron chi connectivity index (χ0n) is 11.7. The van der Waals surface area contributed by atoms with Crippen LogP contribution >= 0.6 is 0 Å². The predicted molar refractivity (Wildman–Crippen MR) is 80.0 cm³/mol. The monoisotopic (exact) mass is 279 g/mol. The number of hydrogen-bond donors (Lipinski definition) is 0. The Morgan fingerprint density at radius 2 is 1.52 bits per heavy atom. The molecule has 1 saturated heterocycles. The first-order valence-corrected chi connectivity index (χ1v) is 7.39. The van der Waals surface area contributed by atoms with Crippen molar-refractivity contribution in [2.45, 2.75) is 24.4 Å². The molecule has 1 amide bonds. The molecule has 1 heterocycles. The van der Waals surface area contributed by atoms with Crippen molar-refractivity contribution in [3.63, 3.8) is 0 Å². The van der Waals surface area contributed by atoms with Gasteiger partial charge < -0.3 is 4.74 Å². The lowest BCUT2D eigenvalue weighted by atomic mass is 10.1. The highest BCUT2D eigenvalue weighted by Gasteiger charge is 2.50. The summed E-state index contributed by atoms with van der Waals surface area (Å²) >= 11 is 0. The second-order valence-corrected chi connectivity index (χ2v) is 5.73. The quantitative estimate of drug-likeness (QED) is 0.856. The number of hydrogen-bond acceptors (Lipinski definition) is 2. The van der Waals surface area contributed by atoms with Crippen LogP contribution in [0.15, 0.2) is 60.7 Å². The van der Waals surface area contributed by atoms with E-state index in [4.69, 9.17) is 4.74 Å². The summed E-state index contributed by atoms with van der Waals surface area (Å²) < 4.78 is 5.31. The summed E-state index contributed by atoms with van der Waals surface area (Å²) in [4.78, 5) is 14.1. The van der Waals surface area contributed by atoms with Gasteiger partial charge in [0, 0.05) is 12.0 Å². The van der Waals surface area contributed by atoms with E-state index in [9.17, 15) is 4.79 Å². The van der Waals surface area contributed by atoms with Gasteiger partial charge in [0.05, 0.1) is 6.04 Å². The molecular formula is C18H17NO2. The fourth-order valence-corrected chi connectivity index (χ4v) is 3.28. The number of rotatable bonds is 3. The largest absolute Gasteiger partial charge is 0.447 e.